The van der Waals surface area contributed by atoms with Crippen LogP contribution in [0.4, 0.5) is 43.9 Å². The maximum absolute atomic E-state index is 15.0. The van der Waals surface area contributed by atoms with Crippen LogP contribution in [0.5, 0.6) is 0 Å². The van der Waals surface area contributed by atoms with Gasteiger partial charge in [0.1, 0.15) is 5.82 Å². The number of benzene rings is 3. The Balaban J connectivity index is 1.48. The van der Waals surface area contributed by atoms with Gasteiger partial charge < -0.3 is 0 Å². The minimum absolute atomic E-state index is 0.0296. The lowest BCUT2D eigenvalue weighted by molar-refractivity contribution is -0.143. The van der Waals surface area contributed by atoms with Crippen LogP contribution >= 0.6 is 15.8 Å². The molecule has 0 bridgehead atoms. The maximum Gasteiger partial charge on any atom is 0.416 e. The Bertz CT molecular complexity index is 1620. The van der Waals surface area contributed by atoms with E-state index in [0.29, 0.717) is 42.0 Å². The number of alkyl halides is 9. The first-order chi connectivity index (χ1) is 24.5. The zero-order chi connectivity index (χ0) is 37.4. The van der Waals surface area contributed by atoms with Crippen LogP contribution in [0.2, 0.25) is 0 Å². The summed E-state index contributed by atoms with van der Waals surface area (Å²) in [4.78, 5) is 0. The van der Waals surface area contributed by atoms with Crippen molar-refractivity contribution in [1.29, 1.82) is 0 Å². The van der Waals surface area contributed by atoms with E-state index in [-0.39, 0.29) is 28.5 Å². The van der Waals surface area contributed by atoms with Gasteiger partial charge >= 0.3 is 18.5 Å². The zero-order valence-electron chi connectivity index (χ0n) is 29.0. The molecule has 12 heteroatoms. The first kappa shape index (κ1) is 39.5. The molecule has 3 unspecified atom stereocenters. The molecule has 0 saturated heterocycles. The van der Waals surface area contributed by atoms with Crippen LogP contribution in [0.25, 0.3) is 0 Å². The van der Waals surface area contributed by atoms with Gasteiger partial charge in [0, 0.05) is 0 Å². The van der Waals surface area contributed by atoms with Crippen molar-refractivity contribution in [3.63, 3.8) is 0 Å². The van der Waals surface area contributed by atoms with Gasteiger partial charge in [-0.25, -0.2) is 4.39 Å². The Morgan fingerprint density at radius 2 is 1.04 bits per heavy atom. The number of rotatable bonds is 8. The van der Waals surface area contributed by atoms with E-state index in [4.69, 9.17) is 0 Å². The molecule has 52 heavy (non-hydrogen) atoms. The van der Waals surface area contributed by atoms with Crippen molar-refractivity contribution < 1.29 is 43.9 Å². The van der Waals surface area contributed by atoms with Gasteiger partial charge in [-0.3, -0.25) is 0 Å². The highest BCUT2D eigenvalue weighted by Crippen LogP contribution is 2.58. The van der Waals surface area contributed by atoms with E-state index in [0.717, 1.165) is 18.9 Å². The third-order valence-corrected chi connectivity index (χ3v) is 17.9. The van der Waals surface area contributed by atoms with Gasteiger partial charge in [-0.2, -0.15) is 39.5 Å². The third kappa shape index (κ3) is 8.85. The zero-order valence-corrected chi connectivity index (χ0v) is 30.8. The van der Waals surface area contributed by atoms with Gasteiger partial charge in [0.05, 0.1) is 16.7 Å². The molecule has 0 nitrogen and oxygen atoms in total. The lowest BCUT2D eigenvalue weighted by atomic mass is 9.87. The maximum atomic E-state index is 15.0. The molecule has 284 valence electrons. The fraction of sp³-hybridized carbons (Fsp3) is 0.550. The van der Waals surface area contributed by atoms with Crippen LogP contribution in [0.1, 0.15) is 119 Å². The first-order valence-corrected chi connectivity index (χ1v) is 21.2. The summed E-state index contributed by atoms with van der Waals surface area (Å²) in [5, 5.41) is 0.745. The summed E-state index contributed by atoms with van der Waals surface area (Å²) in [5.74, 6) is -1.59. The summed E-state index contributed by atoms with van der Waals surface area (Å²) in [6, 6.07) is 11.6. The number of halogens is 10. The predicted molar refractivity (Wildman–Crippen MR) is 190 cm³/mol. The Morgan fingerprint density at radius 1 is 0.558 bits per heavy atom. The summed E-state index contributed by atoms with van der Waals surface area (Å²) in [6.07, 6.45) is -1.27. The van der Waals surface area contributed by atoms with Gasteiger partial charge in [0.15, 0.2) is 0 Å². The van der Waals surface area contributed by atoms with E-state index in [1.54, 1.807) is 6.92 Å². The van der Waals surface area contributed by atoms with E-state index in [9.17, 15) is 39.5 Å². The lowest BCUT2D eigenvalue weighted by Gasteiger charge is -2.41. The topological polar surface area (TPSA) is 0 Å². The molecule has 4 atom stereocenters. The Kier molecular flexibility index (Phi) is 12.1. The largest absolute Gasteiger partial charge is 0.416 e. The van der Waals surface area contributed by atoms with Gasteiger partial charge in [-0.1, -0.05) is 84.1 Å². The highest BCUT2D eigenvalue weighted by molar-refractivity contribution is 7.73. The van der Waals surface area contributed by atoms with Crippen molar-refractivity contribution in [2.75, 3.05) is 0 Å². The average molecular weight is 777 g/mol. The molecular formula is C40H44F10P2. The Hall–Kier alpha value is -2.18. The molecule has 3 aromatic rings. The minimum Gasteiger partial charge on any atom is -0.207 e. The van der Waals surface area contributed by atoms with Gasteiger partial charge in [-0.15, -0.1) is 0 Å². The van der Waals surface area contributed by atoms with Crippen molar-refractivity contribution in [3.05, 3.63) is 88.7 Å². The highest BCUT2D eigenvalue weighted by atomic mass is 31.1. The second-order valence-corrected chi connectivity index (χ2v) is 20.2. The number of hydrogen-bond donors (Lipinski definition) is 0. The smallest absolute Gasteiger partial charge is 0.207 e. The predicted octanol–water partition coefficient (Wildman–Crippen LogP) is 13.1. The van der Waals surface area contributed by atoms with Crippen LogP contribution in [-0.4, -0.2) is 17.0 Å². The van der Waals surface area contributed by atoms with Crippen molar-refractivity contribution in [2.24, 2.45) is 5.92 Å². The molecule has 0 spiro atoms. The Morgan fingerprint density at radius 3 is 1.56 bits per heavy atom. The quantitative estimate of drug-likeness (QED) is 0.158. The van der Waals surface area contributed by atoms with Gasteiger partial charge in [-0.05, 0) is 133 Å². The molecule has 3 saturated carbocycles. The summed E-state index contributed by atoms with van der Waals surface area (Å²) < 4.78 is 142. The normalized spacial score (nSPS) is 22.5. The summed E-state index contributed by atoms with van der Waals surface area (Å²) in [7, 11) is -2.88. The standard InChI is InChI=1S/C40H44F10P2/c1-25(34-16-10-17-35(34)36-15-8-9-18-37(36)52(30-11-4-2-5-12-30)31-13-6-3-7-14-31)51(33-23-28(40(48,49)50)20-29(41)24-33)32-21-26(38(42,43)44)19-27(22-32)39(45,46)47/h8-9,15,18-25,30-31,34-35H,2-7,10-14,16-17H2,1H3/t25-,34?,35?,51?/m1/s1. The van der Waals surface area contributed by atoms with Gasteiger partial charge in [0.2, 0.25) is 0 Å². The molecule has 0 aromatic heterocycles. The van der Waals surface area contributed by atoms with Crippen molar-refractivity contribution in [3.8, 4) is 0 Å². The minimum atomic E-state index is -5.15. The first-order valence-electron chi connectivity index (χ1n) is 18.4. The molecular weight excluding hydrogens is 732 g/mol. The second-order valence-electron chi connectivity index (χ2n) is 14.8. The lowest BCUT2D eigenvalue weighted by Crippen LogP contribution is -2.32. The van der Waals surface area contributed by atoms with Crippen LogP contribution in [0, 0.1) is 11.7 Å². The molecule has 0 heterocycles. The fourth-order valence-corrected chi connectivity index (χ4v) is 16.3. The summed E-state index contributed by atoms with van der Waals surface area (Å²) >= 11 is 0. The average Bonchev–Trinajstić information content (AvgIpc) is 3.58. The molecule has 0 N–H and O–H groups in total. The molecule has 0 amide bonds. The summed E-state index contributed by atoms with van der Waals surface area (Å²) in [5.41, 5.74) is -2.73. The second kappa shape index (κ2) is 15.9. The van der Waals surface area contributed by atoms with E-state index < -0.39 is 62.5 Å². The van der Waals surface area contributed by atoms with E-state index in [1.807, 2.05) is 6.07 Å². The highest BCUT2D eigenvalue weighted by Gasteiger charge is 2.43. The van der Waals surface area contributed by atoms with Crippen LogP contribution in [0.3, 0.4) is 0 Å². The van der Waals surface area contributed by atoms with E-state index in [1.165, 1.54) is 75.1 Å². The summed E-state index contributed by atoms with van der Waals surface area (Å²) in [6.45, 7) is 1.73. The van der Waals surface area contributed by atoms with E-state index in [2.05, 4.69) is 18.2 Å². The molecule has 0 aliphatic heterocycles. The monoisotopic (exact) mass is 776 g/mol. The van der Waals surface area contributed by atoms with Crippen molar-refractivity contribution >= 4 is 31.8 Å². The van der Waals surface area contributed by atoms with Crippen LogP contribution < -0.4 is 15.9 Å². The molecule has 6 rings (SSSR count). The van der Waals surface area contributed by atoms with Crippen LogP contribution in [-0.2, 0) is 18.5 Å². The van der Waals surface area contributed by atoms with Crippen molar-refractivity contribution in [1.82, 2.24) is 0 Å². The third-order valence-electron chi connectivity index (χ3n) is 11.5. The molecule has 3 aliphatic carbocycles. The van der Waals surface area contributed by atoms with E-state index >= 15 is 4.39 Å². The molecule has 0 radical (unpaired) electrons. The number of hydrogen-bond acceptors (Lipinski definition) is 0. The molecule has 3 fully saturated rings. The molecule has 3 aromatic carbocycles. The van der Waals surface area contributed by atoms with Crippen LogP contribution in [0.15, 0.2) is 60.7 Å². The van der Waals surface area contributed by atoms with Crippen molar-refractivity contribution in [2.45, 2.75) is 132 Å². The van der Waals surface area contributed by atoms with Gasteiger partial charge in [0.25, 0.3) is 0 Å². The Labute approximate surface area is 301 Å². The fourth-order valence-electron chi connectivity index (χ4n) is 9.16. The molecule has 3 aliphatic rings. The SMILES string of the molecule is C[C@H](C1CCCC1c1ccccc1P(C1CCCCC1)C1CCCCC1)P(c1cc(F)cc(C(F)(F)F)c1)c1cc(C(F)(F)F)cc(C(F)(F)F)c1.